The molecule has 1 aliphatic carbocycles. The third kappa shape index (κ3) is 1.86. The second-order valence-electron chi connectivity index (χ2n) is 4.67. The molecule has 0 radical (unpaired) electrons. The number of nitrogens with zero attached hydrogens (tertiary/aromatic N) is 5. The summed E-state index contributed by atoms with van der Waals surface area (Å²) in [6.45, 7) is 0. The molecule has 0 saturated heterocycles. The summed E-state index contributed by atoms with van der Waals surface area (Å²) in [6, 6.07) is 9.48. The Bertz CT molecular complexity index is 763. The van der Waals surface area contributed by atoms with Crippen molar-refractivity contribution in [2.24, 2.45) is 0 Å². The number of hydrogen-bond donors (Lipinski definition) is 0. The molecule has 0 spiro atoms. The highest BCUT2D eigenvalue weighted by molar-refractivity contribution is 6.29. The molecule has 0 atom stereocenters. The largest absolute Gasteiger partial charge is 0.221 e. The predicted octanol–water partition coefficient (Wildman–Crippen LogP) is 2.74. The van der Waals surface area contributed by atoms with E-state index in [0.29, 0.717) is 16.9 Å². The molecule has 4 rings (SSSR count). The van der Waals surface area contributed by atoms with Crippen molar-refractivity contribution in [1.29, 1.82) is 0 Å². The molecule has 1 aliphatic rings. The lowest BCUT2D eigenvalue weighted by atomic mass is 10.3. The second-order valence-corrected chi connectivity index (χ2v) is 5.06. The lowest BCUT2D eigenvalue weighted by molar-refractivity contribution is 0.780. The molecular formula is C13H10ClN5. The molecule has 0 unspecified atom stereocenters. The Morgan fingerprint density at radius 1 is 1.16 bits per heavy atom. The molecule has 1 saturated carbocycles. The smallest absolute Gasteiger partial charge is 0.161 e. The van der Waals surface area contributed by atoms with Gasteiger partial charge in [0, 0.05) is 12.0 Å². The van der Waals surface area contributed by atoms with E-state index in [1.807, 2.05) is 24.3 Å². The van der Waals surface area contributed by atoms with Crippen LogP contribution in [-0.2, 0) is 0 Å². The maximum absolute atomic E-state index is 6.08. The molecule has 2 aromatic heterocycles. The van der Waals surface area contributed by atoms with Crippen LogP contribution in [0.4, 0.5) is 0 Å². The molecule has 6 heteroatoms. The summed E-state index contributed by atoms with van der Waals surface area (Å²) >= 11 is 6.08. The summed E-state index contributed by atoms with van der Waals surface area (Å²) in [5.41, 5.74) is 1.75. The Balaban J connectivity index is 1.91. The highest BCUT2D eigenvalue weighted by atomic mass is 35.5. The summed E-state index contributed by atoms with van der Waals surface area (Å²) in [5.74, 6) is 1.94. The highest BCUT2D eigenvalue weighted by Gasteiger charge is 2.27. The van der Waals surface area contributed by atoms with Gasteiger partial charge in [0.25, 0.3) is 0 Å². The first kappa shape index (κ1) is 10.9. The van der Waals surface area contributed by atoms with E-state index in [2.05, 4.69) is 20.3 Å². The molecule has 1 aromatic carbocycles. The van der Waals surface area contributed by atoms with Crippen LogP contribution in [0.25, 0.3) is 16.9 Å². The lowest BCUT2D eigenvalue weighted by Gasteiger charge is -2.04. The first-order valence-corrected chi connectivity index (χ1v) is 6.54. The minimum absolute atomic E-state index is 0.450. The molecular weight excluding hydrogens is 262 g/mol. The van der Waals surface area contributed by atoms with Crippen molar-refractivity contribution in [2.75, 3.05) is 0 Å². The van der Waals surface area contributed by atoms with E-state index in [0.717, 1.165) is 29.7 Å². The van der Waals surface area contributed by atoms with Gasteiger partial charge in [-0.05, 0) is 25.0 Å². The second kappa shape index (κ2) is 3.99. The third-order valence-electron chi connectivity index (χ3n) is 3.21. The monoisotopic (exact) mass is 271 g/mol. The molecule has 3 aromatic rings. The van der Waals surface area contributed by atoms with Crippen molar-refractivity contribution in [2.45, 2.75) is 18.8 Å². The number of aromatic nitrogens is 5. The Morgan fingerprint density at radius 2 is 2.00 bits per heavy atom. The van der Waals surface area contributed by atoms with Crippen LogP contribution in [0.3, 0.4) is 0 Å². The van der Waals surface area contributed by atoms with Gasteiger partial charge in [0.2, 0.25) is 0 Å². The van der Waals surface area contributed by atoms with Gasteiger partial charge in [0.1, 0.15) is 16.5 Å². The molecule has 0 amide bonds. The zero-order chi connectivity index (χ0) is 12.8. The van der Waals surface area contributed by atoms with E-state index in [1.165, 1.54) is 0 Å². The third-order valence-corrected chi connectivity index (χ3v) is 3.40. The van der Waals surface area contributed by atoms with Gasteiger partial charge in [0.05, 0.1) is 5.52 Å². The van der Waals surface area contributed by atoms with Crippen LogP contribution in [-0.4, -0.2) is 25.0 Å². The highest BCUT2D eigenvalue weighted by Crippen LogP contribution is 2.38. The van der Waals surface area contributed by atoms with Crippen molar-refractivity contribution in [3.63, 3.8) is 0 Å². The fraction of sp³-hybridized carbons (Fsp3) is 0.231. The molecule has 5 nitrogen and oxygen atoms in total. The minimum Gasteiger partial charge on any atom is -0.221 e. The molecule has 19 heavy (non-hydrogen) atoms. The molecule has 0 aliphatic heterocycles. The van der Waals surface area contributed by atoms with Crippen molar-refractivity contribution < 1.29 is 0 Å². The Hall–Kier alpha value is -2.01. The van der Waals surface area contributed by atoms with Gasteiger partial charge in [0.15, 0.2) is 5.82 Å². The molecule has 2 heterocycles. The maximum atomic E-state index is 6.08. The molecule has 94 valence electrons. The van der Waals surface area contributed by atoms with Gasteiger partial charge in [-0.25, -0.2) is 9.97 Å². The quantitative estimate of drug-likeness (QED) is 0.673. The zero-order valence-corrected chi connectivity index (χ0v) is 10.7. The van der Waals surface area contributed by atoms with Crippen LogP contribution in [0.2, 0.25) is 5.15 Å². The number of benzene rings is 1. The first-order valence-electron chi connectivity index (χ1n) is 6.16. The number of rotatable bonds is 2. The van der Waals surface area contributed by atoms with Crippen LogP contribution in [0, 0.1) is 0 Å². The number of hydrogen-bond acceptors (Lipinski definition) is 4. The molecule has 0 N–H and O–H groups in total. The fourth-order valence-electron chi connectivity index (χ4n) is 2.09. The van der Waals surface area contributed by atoms with E-state index in [4.69, 9.17) is 11.6 Å². The van der Waals surface area contributed by atoms with Crippen molar-refractivity contribution >= 4 is 22.6 Å². The van der Waals surface area contributed by atoms with Crippen LogP contribution in [0.5, 0.6) is 0 Å². The maximum Gasteiger partial charge on any atom is 0.161 e. The van der Waals surface area contributed by atoms with Crippen molar-refractivity contribution in [3.05, 3.63) is 41.3 Å². The fourth-order valence-corrected chi connectivity index (χ4v) is 2.28. The molecule has 0 bridgehead atoms. The van der Waals surface area contributed by atoms with Crippen LogP contribution >= 0.6 is 11.6 Å². The summed E-state index contributed by atoms with van der Waals surface area (Å²) in [5, 5.41) is 8.72. The van der Waals surface area contributed by atoms with E-state index >= 15 is 0 Å². The summed E-state index contributed by atoms with van der Waals surface area (Å²) < 4.78 is 1.70. The van der Waals surface area contributed by atoms with Crippen molar-refractivity contribution in [1.82, 2.24) is 25.0 Å². The van der Waals surface area contributed by atoms with Gasteiger partial charge >= 0.3 is 0 Å². The first-order chi connectivity index (χ1) is 9.31. The predicted molar refractivity (Wildman–Crippen MR) is 71.4 cm³/mol. The Morgan fingerprint density at radius 3 is 2.84 bits per heavy atom. The minimum atomic E-state index is 0.450. The Labute approximate surface area is 114 Å². The summed E-state index contributed by atoms with van der Waals surface area (Å²) in [4.78, 5) is 8.83. The zero-order valence-electron chi connectivity index (χ0n) is 9.99. The summed E-state index contributed by atoms with van der Waals surface area (Å²) in [7, 11) is 0. The van der Waals surface area contributed by atoms with Gasteiger partial charge in [-0.1, -0.05) is 28.9 Å². The van der Waals surface area contributed by atoms with Crippen LogP contribution < -0.4 is 0 Å². The topological polar surface area (TPSA) is 56.5 Å². The number of fused-ring (bicyclic) bond motifs is 1. The Kier molecular flexibility index (Phi) is 2.29. The number of para-hydroxylation sites is 1. The van der Waals surface area contributed by atoms with E-state index < -0.39 is 0 Å². The van der Waals surface area contributed by atoms with Crippen LogP contribution in [0.15, 0.2) is 30.3 Å². The van der Waals surface area contributed by atoms with Crippen LogP contribution in [0.1, 0.15) is 24.6 Å². The van der Waals surface area contributed by atoms with Crippen molar-refractivity contribution in [3.8, 4) is 5.82 Å². The lowest BCUT2D eigenvalue weighted by Crippen LogP contribution is -2.04. The van der Waals surface area contributed by atoms with E-state index in [1.54, 1.807) is 10.7 Å². The van der Waals surface area contributed by atoms with E-state index in [9.17, 15) is 0 Å². The molecule has 1 fully saturated rings. The van der Waals surface area contributed by atoms with E-state index in [-0.39, 0.29) is 0 Å². The standard InChI is InChI=1S/C13H10ClN5/c14-11-7-12(16-13(15-11)8-5-6-8)19-10-4-2-1-3-9(10)17-18-19/h1-4,7-8H,5-6H2. The van der Waals surface area contributed by atoms with Gasteiger partial charge in [-0.3, -0.25) is 0 Å². The van der Waals surface area contributed by atoms with Gasteiger partial charge < -0.3 is 0 Å². The van der Waals surface area contributed by atoms with Gasteiger partial charge in [-0.15, -0.1) is 5.10 Å². The summed E-state index contributed by atoms with van der Waals surface area (Å²) in [6.07, 6.45) is 2.27. The average Bonchev–Trinajstić information content (AvgIpc) is 3.18. The average molecular weight is 272 g/mol. The number of halogens is 1. The normalized spacial score (nSPS) is 15.0. The SMILES string of the molecule is Clc1cc(-n2nnc3ccccc32)nc(C2CC2)n1. The van der Waals surface area contributed by atoms with Gasteiger partial charge in [-0.2, -0.15) is 4.68 Å².